The summed E-state index contributed by atoms with van der Waals surface area (Å²) in [7, 11) is 1.50. The van der Waals surface area contributed by atoms with Crippen LogP contribution in [0.4, 0.5) is 5.13 Å². The quantitative estimate of drug-likeness (QED) is 0.352. The number of pyridine rings is 1. The SMILES string of the molecule is COc1cc(Cl)ccc1-[n+]1noc([O-])c1-c1csc(NCc2ccc3cccnc3c2O)n1. The largest absolute Gasteiger partial charge is 0.539 e. The van der Waals surface area contributed by atoms with Crippen molar-refractivity contribution < 1.29 is 24.2 Å². The molecule has 3 aromatic heterocycles. The fourth-order valence-electron chi connectivity index (χ4n) is 3.40. The molecule has 0 bridgehead atoms. The van der Waals surface area contributed by atoms with E-state index >= 15 is 0 Å². The van der Waals surface area contributed by atoms with E-state index in [1.54, 1.807) is 29.8 Å². The van der Waals surface area contributed by atoms with Gasteiger partial charge >= 0.3 is 0 Å². The lowest BCUT2D eigenvalue weighted by molar-refractivity contribution is -0.660. The molecule has 33 heavy (non-hydrogen) atoms. The predicted octanol–water partition coefficient (Wildman–Crippen LogP) is 3.68. The van der Waals surface area contributed by atoms with Gasteiger partial charge in [-0.1, -0.05) is 29.8 Å². The molecule has 0 aliphatic carbocycles. The molecule has 0 fully saturated rings. The molecular formula is C22H16ClN5O4S. The molecule has 9 nitrogen and oxygen atoms in total. The molecule has 0 saturated heterocycles. The van der Waals surface area contributed by atoms with Gasteiger partial charge in [0.2, 0.25) is 0 Å². The van der Waals surface area contributed by atoms with E-state index in [-0.39, 0.29) is 11.4 Å². The lowest BCUT2D eigenvalue weighted by Crippen LogP contribution is -2.35. The predicted molar refractivity (Wildman–Crippen MR) is 121 cm³/mol. The first-order valence-electron chi connectivity index (χ1n) is 9.73. The second-order valence-corrected chi connectivity index (χ2v) is 8.27. The molecule has 0 spiro atoms. The van der Waals surface area contributed by atoms with Crippen molar-refractivity contribution >= 4 is 39.0 Å². The summed E-state index contributed by atoms with van der Waals surface area (Å²) in [6.45, 7) is 0.324. The molecule has 0 aliphatic rings. The average molecular weight is 482 g/mol. The van der Waals surface area contributed by atoms with E-state index in [0.29, 0.717) is 44.9 Å². The number of halogens is 1. The summed E-state index contributed by atoms with van der Waals surface area (Å²) in [5.74, 6) is -0.0935. The Morgan fingerprint density at radius 1 is 1.27 bits per heavy atom. The first kappa shape index (κ1) is 21.0. The molecule has 0 aliphatic heterocycles. The van der Waals surface area contributed by atoms with Crippen molar-refractivity contribution in [3.8, 4) is 34.5 Å². The average Bonchev–Trinajstić information content (AvgIpc) is 3.45. The number of phenolic OH excluding ortho intramolecular Hbond substituents is 1. The van der Waals surface area contributed by atoms with Gasteiger partial charge in [0, 0.05) is 46.2 Å². The molecule has 0 atom stereocenters. The molecule has 5 aromatic rings. The van der Waals surface area contributed by atoms with Gasteiger partial charge in [-0.05, 0) is 16.8 Å². The van der Waals surface area contributed by atoms with Gasteiger partial charge in [0.1, 0.15) is 11.3 Å². The molecule has 11 heteroatoms. The Morgan fingerprint density at radius 3 is 3.00 bits per heavy atom. The number of methoxy groups -OCH3 is 1. The topological polar surface area (TPSA) is 120 Å². The number of benzene rings is 2. The van der Waals surface area contributed by atoms with Crippen molar-refractivity contribution in [1.29, 1.82) is 0 Å². The summed E-state index contributed by atoms with van der Waals surface area (Å²) >= 11 is 7.35. The molecule has 0 saturated carbocycles. The van der Waals surface area contributed by atoms with E-state index in [9.17, 15) is 10.2 Å². The summed E-state index contributed by atoms with van der Waals surface area (Å²) in [6, 6.07) is 12.4. The van der Waals surface area contributed by atoms with Crippen molar-refractivity contribution in [2.75, 3.05) is 12.4 Å². The van der Waals surface area contributed by atoms with Crippen LogP contribution in [0.5, 0.6) is 17.4 Å². The van der Waals surface area contributed by atoms with Crippen molar-refractivity contribution in [3.05, 3.63) is 64.6 Å². The van der Waals surface area contributed by atoms with Crippen LogP contribution in [0.25, 0.3) is 28.0 Å². The highest BCUT2D eigenvalue weighted by molar-refractivity contribution is 7.14. The molecule has 0 unspecified atom stereocenters. The Bertz CT molecular complexity index is 1470. The van der Waals surface area contributed by atoms with Crippen LogP contribution in [0.2, 0.25) is 5.02 Å². The Balaban J connectivity index is 1.42. The Morgan fingerprint density at radius 2 is 2.15 bits per heavy atom. The second kappa shape index (κ2) is 8.57. The van der Waals surface area contributed by atoms with Gasteiger partial charge in [-0.25, -0.2) is 4.98 Å². The minimum Gasteiger partial charge on any atom is -0.539 e. The normalized spacial score (nSPS) is 11.1. The second-order valence-electron chi connectivity index (χ2n) is 6.98. The number of anilines is 1. The van der Waals surface area contributed by atoms with Gasteiger partial charge in [-0.2, -0.15) is 0 Å². The summed E-state index contributed by atoms with van der Waals surface area (Å²) in [5, 5.41) is 33.6. The van der Waals surface area contributed by atoms with Crippen LogP contribution in [0.15, 0.2) is 58.6 Å². The molecule has 2 N–H and O–H groups in total. The highest BCUT2D eigenvalue weighted by Crippen LogP contribution is 2.32. The van der Waals surface area contributed by atoms with E-state index in [4.69, 9.17) is 20.9 Å². The number of aromatic nitrogens is 4. The van der Waals surface area contributed by atoms with Crippen molar-refractivity contribution in [2.24, 2.45) is 0 Å². The molecular weight excluding hydrogens is 466 g/mol. The third kappa shape index (κ3) is 3.90. The number of ether oxygens (including phenoxy) is 1. The van der Waals surface area contributed by atoms with Crippen LogP contribution < -0.4 is 19.8 Å². The number of aromatic hydroxyl groups is 1. The zero-order valence-electron chi connectivity index (χ0n) is 17.2. The fraction of sp³-hybridized carbons (Fsp3) is 0.0909. The van der Waals surface area contributed by atoms with E-state index in [2.05, 4.69) is 20.6 Å². The number of nitrogens with one attached hydrogen (secondary N) is 1. The molecule has 3 heterocycles. The van der Waals surface area contributed by atoms with E-state index in [1.165, 1.54) is 23.1 Å². The summed E-state index contributed by atoms with van der Waals surface area (Å²) in [6.07, 6.45) is 1.64. The summed E-state index contributed by atoms with van der Waals surface area (Å²) in [4.78, 5) is 8.74. The third-order valence-electron chi connectivity index (χ3n) is 4.99. The summed E-state index contributed by atoms with van der Waals surface area (Å²) in [5.41, 5.74) is 2.23. The molecule has 0 radical (unpaired) electrons. The minimum absolute atomic E-state index is 0.117. The number of hydrogen-bond acceptors (Lipinski definition) is 9. The van der Waals surface area contributed by atoms with E-state index < -0.39 is 5.95 Å². The maximum atomic E-state index is 12.4. The van der Waals surface area contributed by atoms with Crippen molar-refractivity contribution in [1.82, 2.24) is 15.2 Å². The zero-order valence-corrected chi connectivity index (χ0v) is 18.7. The number of nitrogens with zero attached hydrogens (tertiary/aromatic N) is 4. The number of rotatable bonds is 6. The highest BCUT2D eigenvalue weighted by Gasteiger charge is 2.28. The number of phenols is 1. The minimum atomic E-state index is -0.637. The van der Waals surface area contributed by atoms with Crippen LogP contribution in [0, 0.1) is 0 Å². The summed E-state index contributed by atoms with van der Waals surface area (Å²) < 4.78 is 11.6. The standard InChI is InChI=1S/C22H16ClN5O4S/c1-31-17-9-14(23)6-7-16(17)28-19(21(30)32-27-28)15-11-33-22(26-15)25-10-13-5-4-12-3-2-8-24-18(12)20(13)29/h2-9,11H,10H2,1H3,(H2-,25,26,27,29,30). The smallest absolute Gasteiger partial charge is 0.290 e. The van der Waals surface area contributed by atoms with Gasteiger partial charge in [0.05, 0.1) is 12.4 Å². The lowest BCUT2D eigenvalue weighted by Gasteiger charge is -2.07. The number of fused-ring (bicyclic) bond motifs is 1. The highest BCUT2D eigenvalue weighted by atomic mass is 35.5. The van der Waals surface area contributed by atoms with Gasteiger partial charge < -0.3 is 24.8 Å². The van der Waals surface area contributed by atoms with Gasteiger partial charge in [0.15, 0.2) is 22.5 Å². The monoisotopic (exact) mass is 481 g/mol. The van der Waals surface area contributed by atoms with Gasteiger partial charge in [-0.15, -0.1) is 11.3 Å². The molecule has 2 aromatic carbocycles. The Hall–Kier alpha value is -3.89. The van der Waals surface area contributed by atoms with Crippen molar-refractivity contribution in [2.45, 2.75) is 6.54 Å². The maximum absolute atomic E-state index is 12.4. The fourth-order valence-corrected chi connectivity index (χ4v) is 4.26. The first-order valence-corrected chi connectivity index (χ1v) is 11.0. The van der Waals surface area contributed by atoms with Crippen LogP contribution in [-0.2, 0) is 6.54 Å². The number of hydrogen-bond donors (Lipinski definition) is 2. The van der Waals surface area contributed by atoms with Crippen LogP contribution in [0.1, 0.15) is 5.56 Å². The lowest BCUT2D eigenvalue weighted by atomic mass is 10.1. The maximum Gasteiger partial charge on any atom is 0.290 e. The van der Waals surface area contributed by atoms with E-state index in [1.807, 2.05) is 24.3 Å². The van der Waals surface area contributed by atoms with Crippen molar-refractivity contribution in [3.63, 3.8) is 0 Å². The van der Waals surface area contributed by atoms with Crippen LogP contribution >= 0.6 is 22.9 Å². The van der Waals surface area contributed by atoms with Gasteiger partial charge in [0.25, 0.3) is 11.4 Å². The third-order valence-corrected chi connectivity index (χ3v) is 6.02. The van der Waals surface area contributed by atoms with Crippen LogP contribution in [-0.4, -0.2) is 27.5 Å². The molecule has 0 amide bonds. The zero-order chi connectivity index (χ0) is 22.9. The van der Waals surface area contributed by atoms with E-state index in [0.717, 1.165) is 5.39 Å². The molecule has 166 valence electrons. The Labute approximate surface area is 196 Å². The Kier molecular flexibility index (Phi) is 5.45. The molecule has 5 rings (SSSR count). The first-order chi connectivity index (χ1) is 16.0. The van der Waals surface area contributed by atoms with Gasteiger partial charge in [-0.3, -0.25) is 4.98 Å². The van der Waals surface area contributed by atoms with Crippen LogP contribution in [0.3, 0.4) is 0 Å². The number of thiazole rings is 1.